The number of ketones is 1. The average Bonchev–Trinajstić information content (AvgIpc) is 2.53. The van der Waals surface area contributed by atoms with E-state index in [2.05, 4.69) is 6.58 Å². The number of aliphatic hydroxyl groups is 1. The summed E-state index contributed by atoms with van der Waals surface area (Å²) in [5, 5.41) is 11.2. The molecular weight excluding hydrogens is 276 g/mol. The molecule has 1 aliphatic rings. The van der Waals surface area contributed by atoms with Crippen molar-refractivity contribution in [3.63, 3.8) is 0 Å². The van der Waals surface area contributed by atoms with Gasteiger partial charge in [-0.2, -0.15) is 0 Å². The highest BCUT2D eigenvalue weighted by molar-refractivity contribution is 6.11. The van der Waals surface area contributed by atoms with Crippen LogP contribution in [0.2, 0.25) is 0 Å². The largest absolute Gasteiger partial charge is 0.380 e. The quantitative estimate of drug-likeness (QED) is 0.880. The Balaban J connectivity index is 2.17. The Hall–Kier alpha value is -2.23. The number of hydrogen-bond acceptors (Lipinski definition) is 3. The minimum atomic E-state index is -1.58. The van der Waals surface area contributed by atoms with E-state index in [4.69, 9.17) is 4.74 Å². The molecule has 1 aliphatic carbocycles. The van der Waals surface area contributed by atoms with E-state index in [1.165, 1.54) is 0 Å². The van der Waals surface area contributed by atoms with Crippen LogP contribution in [0.1, 0.15) is 22.3 Å². The number of ether oxygens (including phenoxy) is 1. The number of fused-ring (bicyclic) bond motifs is 3. The van der Waals surface area contributed by atoms with Crippen molar-refractivity contribution in [2.75, 3.05) is 13.7 Å². The Morgan fingerprint density at radius 2 is 1.68 bits per heavy atom. The third-order valence-corrected chi connectivity index (χ3v) is 4.06. The van der Waals surface area contributed by atoms with Crippen molar-refractivity contribution in [2.45, 2.75) is 12.0 Å². The van der Waals surface area contributed by atoms with E-state index in [1.54, 1.807) is 13.2 Å². The maximum atomic E-state index is 12.9. The van der Waals surface area contributed by atoms with E-state index in [9.17, 15) is 9.90 Å². The highest BCUT2D eigenvalue weighted by Crippen LogP contribution is 2.44. The van der Waals surface area contributed by atoms with Gasteiger partial charge in [-0.3, -0.25) is 4.79 Å². The van der Waals surface area contributed by atoms with Gasteiger partial charge in [0.1, 0.15) is 0 Å². The number of hydrogen-bond donors (Lipinski definition) is 1. The summed E-state index contributed by atoms with van der Waals surface area (Å²) in [6, 6.07) is 14.9. The van der Waals surface area contributed by atoms with Gasteiger partial charge in [0, 0.05) is 19.1 Å². The lowest BCUT2D eigenvalue weighted by Gasteiger charge is -2.34. The fourth-order valence-corrected chi connectivity index (χ4v) is 3.13. The number of carbonyl (C=O) groups excluding carboxylic acids is 1. The molecule has 3 rings (SSSR count). The van der Waals surface area contributed by atoms with E-state index in [0.717, 1.165) is 11.1 Å². The Morgan fingerprint density at radius 1 is 1.09 bits per heavy atom. The van der Waals surface area contributed by atoms with E-state index in [0.29, 0.717) is 23.3 Å². The summed E-state index contributed by atoms with van der Waals surface area (Å²) in [5.74, 6) is -0.279. The van der Waals surface area contributed by atoms with Crippen LogP contribution in [0, 0.1) is 0 Å². The van der Waals surface area contributed by atoms with Crippen LogP contribution < -0.4 is 0 Å². The Morgan fingerprint density at radius 3 is 2.36 bits per heavy atom. The monoisotopic (exact) mass is 294 g/mol. The van der Waals surface area contributed by atoms with Gasteiger partial charge in [-0.1, -0.05) is 55.1 Å². The molecular formula is C19H18O3. The second-order valence-corrected chi connectivity index (χ2v) is 5.64. The summed E-state index contributed by atoms with van der Waals surface area (Å²) in [6.45, 7) is 4.23. The molecule has 0 bridgehead atoms. The van der Waals surface area contributed by atoms with Crippen LogP contribution in [0.5, 0.6) is 0 Å². The van der Waals surface area contributed by atoms with Crippen LogP contribution in [-0.2, 0) is 10.3 Å². The summed E-state index contributed by atoms with van der Waals surface area (Å²) in [7, 11) is 1.57. The van der Waals surface area contributed by atoms with Gasteiger partial charge in [0.05, 0.1) is 6.61 Å². The molecule has 0 radical (unpaired) electrons. The zero-order valence-electron chi connectivity index (χ0n) is 12.5. The number of benzene rings is 2. The molecule has 2 aromatic carbocycles. The second-order valence-electron chi connectivity index (χ2n) is 5.64. The average molecular weight is 294 g/mol. The minimum Gasteiger partial charge on any atom is -0.380 e. The van der Waals surface area contributed by atoms with Gasteiger partial charge in [0.25, 0.3) is 0 Å². The normalized spacial score (nSPS) is 19.5. The molecule has 0 fully saturated rings. The summed E-state index contributed by atoms with van der Waals surface area (Å²) in [4.78, 5) is 12.9. The summed E-state index contributed by atoms with van der Waals surface area (Å²) >= 11 is 0. The van der Waals surface area contributed by atoms with E-state index in [-0.39, 0.29) is 12.2 Å². The zero-order chi connectivity index (χ0) is 15.7. The molecule has 2 aromatic rings. The van der Waals surface area contributed by atoms with Gasteiger partial charge in [-0.25, -0.2) is 0 Å². The Kier molecular flexibility index (Phi) is 3.69. The maximum Gasteiger partial charge on any atom is 0.199 e. The standard InChI is InChI=1S/C19H18O3/c1-13(12-22-2)11-19(21)17-10-6-5-8-15(17)14-7-3-4-9-16(14)18(19)20/h3-10,21H,1,11-12H2,2H3. The van der Waals surface area contributed by atoms with Crippen molar-refractivity contribution in [1.82, 2.24) is 0 Å². The lowest BCUT2D eigenvalue weighted by atomic mass is 9.72. The molecule has 0 saturated heterocycles. The molecule has 0 spiro atoms. The summed E-state index contributed by atoms with van der Waals surface area (Å²) < 4.78 is 5.06. The van der Waals surface area contributed by atoms with Crippen molar-refractivity contribution in [3.05, 3.63) is 71.8 Å². The molecule has 1 unspecified atom stereocenters. The van der Waals surface area contributed by atoms with Crippen LogP contribution in [-0.4, -0.2) is 24.6 Å². The van der Waals surface area contributed by atoms with Crippen LogP contribution in [0.25, 0.3) is 11.1 Å². The first-order chi connectivity index (χ1) is 10.6. The lowest BCUT2D eigenvalue weighted by molar-refractivity contribution is 0.0277. The predicted octanol–water partition coefficient (Wildman–Crippen LogP) is 3.33. The van der Waals surface area contributed by atoms with Crippen molar-refractivity contribution in [2.24, 2.45) is 0 Å². The lowest BCUT2D eigenvalue weighted by Crippen LogP contribution is -2.39. The molecule has 0 aliphatic heterocycles. The number of rotatable bonds is 4. The van der Waals surface area contributed by atoms with Crippen LogP contribution in [0.15, 0.2) is 60.7 Å². The molecule has 0 saturated carbocycles. The van der Waals surface area contributed by atoms with Crippen molar-refractivity contribution in [1.29, 1.82) is 0 Å². The number of carbonyl (C=O) groups is 1. The Labute approximate surface area is 129 Å². The van der Waals surface area contributed by atoms with Gasteiger partial charge >= 0.3 is 0 Å². The maximum absolute atomic E-state index is 12.9. The van der Waals surface area contributed by atoms with Gasteiger partial charge in [-0.15, -0.1) is 0 Å². The third-order valence-electron chi connectivity index (χ3n) is 4.06. The van der Waals surface area contributed by atoms with Crippen molar-refractivity contribution in [3.8, 4) is 11.1 Å². The van der Waals surface area contributed by atoms with Crippen molar-refractivity contribution >= 4 is 5.78 Å². The second kappa shape index (κ2) is 5.52. The van der Waals surface area contributed by atoms with Gasteiger partial charge < -0.3 is 9.84 Å². The SMILES string of the molecule is C=C(COC)CC1(O)C(=O)c2ccccc2-c2ccccc21. The predicted molar refractivity (Wildman–Crippen MR) is 85.7 cm³/mol. The third kappa shape index (κ3) is 2.19. The first kappa shape index (κ1) is 14.7. The number of methoxy groups -OCH3 is 1. The number of Topliss-reactive ketones (excluding diaryl/α,β-unsaturated/α-hetero) is 1. The molecule has 0 aromatic heterocycles. The fourth-order valence-electron chi connectivity index (χ4n) is 3.13. The van der Waals surface area contributed by atoms with Gasteiger partial charge in [-0.05, 0) is 22.3 Å². The Bertz CT molecular complexity index is 748. The van der Waals surface area contributed by atoms with E-state index >= 15 is 0 Å². The molecule has 3 nitrogen and oxygen atoms in total. The van der Waals surface area contributed by atoms with Crippen LogP contribution >= 0.6 is 0 Å². The van der Waals surface area contributed by atoms with E-state index in [1.807, 2.05) is 42.5 Å². The summed E-state index contributed by atoms with van der Waals surface area (Å²) in [6.07, 6.45) is 0.158. The highest BCUT2D eigenvalue weighted by atomic mass is 16.5. The molecule has 3 heteroatoms. The van der Waals surface area contributed by atoms with Crippen LogP contribution in [0.3, 0.4) is 0 Å². The topological polar surface area (TPSA) is 46.5 Å². The smallest absolute Gasteiger partial charge is 0.199 e. The zero-order valence-corrected chi connectivity index (χ0v) is 12.5. The van der Waals surface area contributed by atoms with Crippen molar-refractivity contribution < 1.29 is 14.6 Å². The fraction of sp³-hybridized carbons (Fsp3) is 0.211. The van der Waals surface area contributed by atoms with Gasteiger partial charge in [0.15, 0.2) is 11.4 Å². The first-order valence-electron chi connectivity index (χ1n) is 7.19. The first-order valence-corrected chi connectivity index (χ1v) is 7.19. The van der Waals surface area contributed by atoms with Crippen LogP contribution in [0.4, 0.5) is 0 Å². The molecule has 1 N–H and O–H groups in total. The molecule has 112 valence electrons. The molecule has 22 heavy (non-hydrogen) atoms. The van der Waals surface area contributed by atoms with Gasteiger partial charge in [0.2, 0.25) is 0 Å². The van der Waals surface area contributed by atoms with E-state index < -0.39 is 5.60 Å². The molecule has 0 heterocycles. The molecule has 0 amide bonds. The highest BCUT2D eigenvalue weighted by Gasteiger charge is 2.44. The summed E-state index contributed by atoms with van der Waals surface area (Å²) in [5.41, 5.74) is 2.05. The minimum absolute atomic E-state index is 0.158. The molecule has 1 atom stereocenters.